The normalized spacial score (nSPS) is 28.9. The number of nitrogens with one attached hydrogen (secondary N) is 1. The van der Waals surface area contributed by atoms with Gasteiger partial charge in [-0.05, 0) is 5.53 Å². The van der Waals surface area contributed by atoms with Gasteiger partial charge in [-0.15, -0.1) is 0 Å². The molecule has 0 aliphatic carbocycles. The van der Waals surface area contributed by atoms with Crippen LogP contribution in [0.15, 0.2) is 27.1 Å². The third kappa shape index (κ3) is 2.51. The number of ether oxygens (including phenoxy) is 1. The molecule has 20 heavy (non-hydrogen) atoms. The zero-order valence-corrected chi connectivity index (χ0v) is 9.99. The minimum Gasteiger partial charge on any atom is -0.424 e. The van der Waals surface area contributed by atoms with E-state index >= 15 is 0 Å². The number of aliphatic hydroxyl groups excluding tert-OH is 2. The van der Waals surface area contributed by atoms with Gasteiger partial charge in [-0.1, -0.05) is 0 Å². The van der Waals surface area contributed by atoms with Gasteiger partial charge in [-0.2, -0.15) is 0 Å². The lowest BCUT2D eigenvalue weighted by atomic mass is 10.1. The monoisotopic (exact) mass is 285 g/mol. The third-order valence-electron chi connectivity index (χ3n) is 2.82. The largest absolute Gasteiger partial charge is 0.424 e. The van der Waals surface area contributed by atoms with Crippen molar-refractivity contribution in [3.05, 3.63) is 43.5 Å². The molecule has 2 rings (SSSR count). The molecule has 108 valence electrons. The number of hydrogen-bond donors (Lipinski definition) is 3. The van der Waals surface area contributed by atoms with Crippen molar-refractivity contribution in [1.82, 2.24) is 9.55 Å². The lowest BCUT2D eigenvalue weighted by Gasteiger charge is -2.17. The van der Waals surface area contributed by atoms with E-state index in [0.717, 1.165) is 16.8 Å². The Hall–Kier alpha value is -2.33. The van der Waals surface area contributed by atoms with Gasteiger partial charge in [0.05, 0.1) is 6.61 Å². The Morgan fingerprint density at radius 1 is 1.60 bits per heavy atom. The van der Waals surface area contributed by atoms with Gasteiger partial charge < -0.3 is 19.8 Å². The lowest BCUT2D eigenvalue weighted by Crippen LogP contribution is -2.38. The average Bonchev–Trinajstić information content (AvgIpc) is 2.73. The van der Waals surface area contributed by atoms with E-state index in [2.05, 4.69) is 15.0 Å². The summed E-state index contributed by atoms with van der Waals surface area (Å²) < 4.78 is 6.21. The van der Waals surface area contributed by atoms with Crippen molar-refractivity contribution < 1.29 is 19.8 Å². The summed E-state index contributed by atoms with van der Waals surface area (Å²) in [5.74, 6) is 0. The number of nitrogens with zero attached hydrogens (tertiary/aromatic N) is 4. The maximum Gasteiger partial charge on any atom is 0.330 e. The van der Waals surface area contributed by atoms with Gasteiger partial charge in [0, 0.05) is 17.2 Å². The molecule has 0 bridgehead atoms. The molecule has 0 spiro atoms. The van der Waals surface area contributed by atoms with Crippen LogP contribution in [0.1, 0.15) is 6.23 Å². The molecule has 1 fully saturated rings. The molecule has 0 amide bonds. The van der Waals surface area contributed by atoms with Gasteiger partial charge >= 0.3 is 5.69 Å². The summed E-state index contributed by atoms with van der Waals surface area (Å²) in [7, 11) is 0. The molecule has 1 aromatic heterocycles. The van der Waals surface area contributed by atoms with Gasteiger partial charge in [0.1, 0.15) is 17.5 Å². The fourth-order valence-electron chi connectivity index (χ4n) is 1.93. The summed E-state index contributed by atoms with van der Waals surface area (Å²) in [6.07, 6.45) is -3.55. The molecular weight excluding hydrogens is 274 g/mol. The Kier molecular flexibility index (Phi) is 4.05. The first-order valence-electron chi connectivity index (χ1n) is 5.54. The van der Waals surface area contributed by atoms with Crippen LogP contribution in [0.5, 0.6) is 0 Å². The van der Waals surface area contributed by atoms with Crippen LogP contribution in [0.25, 0.3) is 10.4 Å². The average molecular weight is 285 g/mol. The summed E-state index contributed by atoms with van der Waals surface area (Å²) in [6, 6.07) is 1.08. The Balaban J connectivity index is 2.31. The Labute approximate surface area is 110 Å². The van der Waals surface area contributed by atoms with Crippen molar-refractivity contribution >= 4 is 0 Å². The number of H-pyrrole nitrogens is 1. The van der Waals surface area contributed by atoms with Crippen molar-refractivity contribution in [1.29, 1.82) is 0 Å². The number of aliphatic hydroxyl groups is 2. The highest BCUT2D eigenvalue weighted by Gasteiger charge is 2.46. The summed E-state index contributed by atoms with van der Waals surface area (Å²) in [5, 5.41) is 22.0. The highest BCUT2D eigenvalue weighted by molar-refractivity contribution is 4.93. The first-order chi connectivity index (χ1) is 9.58. The zero-order valence-electron chi connectivity index (χ0n) is 9.99. The van der Waals surface area contributed by atoms with Gasteiger partial charge in [0.2, 0.25) is 0 Å². The van der Waals surface area contributed by atoms with Gasteiger partial charge in [0.15, 0.2) is 12.3 Å². The Morgan fingerprint density at radius 3 is 2.95 bits per heavy atom. The first kappa shape index (κ1) is 14.1. The molecule has 11 nitrogen and oxygen atoms in total. The van der Waals surface area contributed by atoms with Gasteiger partial charge in [-0.3, -0.25) is 14.3 Å². The second-order valence-electron chi connectivity index (χ2n) is 4.00. The van der Waals surface area contributed by atoms with E-state index in [9.17, 15) is 14.7 Å². The van der Waals surface area contributed by atoms with Crippen LogP contribution >= 0.6 is 0 Å². The second-order valence-corrected chi connectivity index (χ2v) is 4.00. The molecule has 4 atom stereocenters. The molecule has 3 N–H and O–H groups in total. The van der Waals surface area contributed by atoms with Crippen molar-refractivity contribution in [2.24, 2.45) is 5.28 Å². The molecule has 1 saturated heterocycles. The van der Waals surface area contributed by atoms with E-state index in [0.29, 0.717) is 0 Å². The summed E-state index contributed by atoms with van der Waals surface area (Å²) in [4.78, 5) is 31.6. The molecule has 1 aromatic rings. The van der Waals surface area contributed by atoms with Crippen molar-refractivity contribution in [2.45, 2.75) is 24.5 Å². The van der Waals surface area contributed by atoms with Crippen LogP contribution < -0.4 is 11.2 Å². The van der Waals surface area contributed by atoms with Gasteiger partial charge in [-0.25, -0.2) is 4.79 Å². The van der Waals surface area contributed by atoms with Crippen LogP contribution in [0.2, 0.25) is 0 Å². The van der Waals surface area contributed by atoms with Crippen LogP contribution in [0.3, 0.4) is 0 Å². The quantitative estimate of drug-likeness (QED) is 0.261. The summed E-state index contributed by atoms with van der Waals surface area (Å²) in [6.45, 7) is -0.517. The lowest BCUT2D eigenvalue weighted by molar-refractivity contribution is -0.0626. The second kappa shape index (κ2) is 5.75. The minimum absolute atomic E-state index is 0.517. The summed E-state index contributed by atoms with van der Waals surface area (Å²) >= 11 is 0. The van der Waals surface area contributed by atoms with E-state index < -0.39 is 42.4 Å². The maximum absolute atomic E-state index is 11.6. The number of azide groups is 1. The van der Waals surface area contributed by atoms with Crippen LogP contribution in [-0.4, -0.2) is 44.7 Å². The maximum atomic E-state index is 11.6. The number of aromatic amines is 1. The van der Waals surface area contributed by atoms with E-state index in [1.54, 1.807) is 0 Å². The van der Waals surface area contributed by atoms with Crippen LogP contribution in [0.4, 0.5) is 0 Å². The topological polar surface area (TPSA) is 163 Å². The Bertz CT molecular complexity index is 634. The molecule has 2 unspecified atom stereocenters. The van der Waals surface area contributed by atoms with E-state index in [4.69, 9.17) is 15.4 Å². The SMILES string of the molecule is [N-]=[N+]=NOC1C(O)[C@@H](n2ccc(=O)[nH]c2=O)O[C@H]1CO. The van der Waals surface area contributed by atoms with E-state index in [1.165, 1.54) is 0 Å². The first-order valence-corrected chi connectivity index (χ1v) is 5.54. The fraction of sp³-hybridized carbons (Fsp3) is 0.556. The van der Waals surface area contributed by atoms with E-state index in [1.807, 2.05) is 4.98 Å². The molecular formula is C9H11N5O6. The predicted molar refractivity (Wildman–Crippen MR) is 62.3 cm³/mol. The van der Waals surface area contributed by atoms with Crippen LogP contribution in [-0.2, 0) is 9.57 Å². The van der Waals surface area contributed by atoms with Gasteiger partial charge in [0.25, 0.3) is 5.56 Å². The summed E-state index contributed by atoms with van der Waals surface area (Å²) in [5.41, 5.74) is 6.80. The molecule has 0 radical (unpaired) electrons. The Morgan fingerprint density at radius 2 is 2.35 bits per heavy atom. The minimum atomic E-state index is -1.37. The predicted octanol–water partition coefficient (Wildman–Crippen LogP) is -1.60. The van der Waals surface area contributed by atoms with Crippen molar-refractivity contribution in [3.63, 3.8) is 0 Å². The molecule has 1 aliphatic heterocycles. The van der Waals surface area contributed by atoms with Crippen molar-refractivity contribution in [3.8, 4) is 0 Å². The van der Waals surface area contributed by atoms with Crippen molar-refractivity contribution in [2.75, 3.05) is 6.61 Å². The standard InChI is InChI=1S/C9H11N5O6/c10-12-13-20-7-4(3-15)19-8(6(7)17)14-2-1-5(16)11-9(14)18/h1-2,4,6-8,15,17H,3H2,(H,11,16,18)/t4-,6?,7?,8-/m0/s1. The zero-order chi connectivity index (χ0) is 14.7. The fourth-order valence-corrected chi connectivity index (χ4v) is 1.93. The molecule has 11 heteroatoms. The highest BCUT2D eigenvalue weighted by atomic mass is 16.7. The molecule has 1 aliphatic rings. The molecule has 0 aromatic carbocycles. The number of rotatable bonds is 4. The smallest absolute Gasteiger partial charge is 0.330 e. The molecule has 2 heterocycles. The van der Waals surface area contributed by atoms with E-state index in [-0.39, 0.29) is 0 Å². The number of aromatic nitrogens is 2. The third-order valence-corrected chi connectivity index (χ3v) is 2.82. The highest BCUT2D eigenvalue weighted by Crippen LogP contribution is 2.30. The van der Waals surface area contributed by atoms with Crippen LogP contribution in [0, 0.1) is 0 Å². The number of hydrogen-bond acceptors (Lipinski definition) is 7. The molecule has 0 saturated carbocycles.